The minimum Gasteiger partial charge on any atom is -0.396 e. The summed E-state index contributed by atoms with van der Waals surface area (Å²) in [5.74, 6) is 0.294. The van der Waals surface area contributed by atoms with Crippen molar-refractivity contribution >= 4 is 11.8 Å². The number of aliphatic hydroxyl groups excluding tert-OH is 1. The molecule has 0 unspecified atom stereocenters. The van der Waals surface area contributed by atoms with Gasteiger partial charge in [0.15, 0.2) is 0 Å². The van der Waals surface area contributed by atoms with Gasteiger partial charge in [-0.15, -0.1) is 0 Å². The fourth-order valence-electron chi connectivity index (χ4n) is 2.68. The Kier molecular flexibility index (Phi) is 7.59. The SMILES string of the molecule is CC(C)N(CCCO)C(=O)CCNC(=O)C1CCCC1. The van der Waals surface area contributed by atoms with Crippen molar-refractivity contribution in [2.75, 3.05) is 19.7 Å². The van der Waals surface area contributed by atoms with Crippen LogP contribution in [-0.2, 0) is 9.59 Å². The first-order valence-electron chi connectivity index (χ1n) is 7.74. The molecule has 20 heavy (non-hydrogen) atoms. The first-order chi connectivity index (χ1) is 9.56. The Bertz CT molecular complexity index is 312. The van der Waals surface area contributed by atoms with Crippen molar-refractivity contribution in [3.63, 3.8) is 0 Å². The van der Waals surface area contributed by atoms with Gasteiger partial charge in [-0.1, -0.05) is 12.8 Å². The van der Waals surface area contributed by atoms with Crippen LogP contribution in [0.15, 0.2) is 0 Å². The largest absolute Gasteiger partial charge is 0.396 e. The minimum atomic E-state index is 0.0418. The Labute approximate surface area is 121 Å². The molecule has 0 aliphatic heterocycles. The van der Waals surface area contributed by atoms with Crippen LogP contribution in [0.5, 0.6) is 0 Å². The van der Waals surface area contributed by atoms with Gasteiger partial charge in [-0.3, -0.25) is 9.59 Å². The van der Waals surface area contributed by atoms with Crippen molar-refractivity contribution in [2.45, 2.75) is 58.4 Å². The second-order valence-electron chi connectivity index (χ2n) is 5.78. The smallest absolute Gasteiger partial charge is 0.224 e. The number of hydrogen-bond acceptors (Lipinski definition) is 3. The number of aliphatic hydroxyl groups is 1. The molecule has 0 aromatic heterocycles. The van der Waals surface area contributed by atoms with Gasteiger partial charge in [0.05, 0.1) is 0 Å². The summed E-state index contributed by atoms with van der Waals surface area (Å²) in [5, 5.41) is 11.7. The third-order valence-corrected chi connectivity index (χ3v) is 3.86. The van der Waals surface area contributed by atoms with E-state index in [1.165, 1.54) is 0 Å². The number of amides is 2. The van der Waals surface area contributed by atoms with Gasteiger partial charge in [-0.05, 0) is 33.1 Å². The summed E-state index contributed by atoms with van der Waals surface area (Å²) in [6, 6.07) is 0.125. The van der Waals surface area contributed by atoms with Crippen molar-refractivity contribution < 1.29 is 14.7 Å². The number of carbonyl (C=O) groups is 2. The quantitative estimate of drug-likeness (QED) is 0.706. The highest BCUT2D eigenvalue weighted by atomic mass is 16.3. The molecule has 2 N–H and O–H groups in total. The molecule has 0 radical (unpaired) electrons. The first kappa shape index (κ1) is 17.0. The van der Waals surface area contributed by atoms with Gasteiger partial charge in [0.2, 0.25) is 11.8 Å². The maximum absolute atomic E-state index is 12.1. The fourth-order valence-corrected chi connectivity index (χ4v) is 2.68. The number of nitrogens with one attached hydrogen (secondary N) is 1. The van der Waals surface area contributed by atoms with E-state index in [1.54, 1.807) is 4.90 Å². The lowest BCUT2D eigenvalue weighted by molar-refractivity contribution is -0.133. The number of carbonyl (C=O) groups excluding carboxylic acids is 2. The normalized spacial score (nSPS) is 15.6. The van der Waals surface area contributed by atoms with Crippen LogP contribution in [0.4, 0.5) is 0 Å². The molecule has 0 spiro atoms. The van der Waals surface area contributed by atoms with E-state index >= 15 is 0 Å². The molecule has 116 valence electrons. The maximum atomic E-state index is 12.1. The number of rotatable bonds is 8. The van der Waals surface area contributed by atoms with Crippen LogP contribution < -0.4 is 5.32 Å². The highest BCUT2D eigenvalue weighted by Gasteiger charge is 2.22. The van der Waals surface area contributed by atoms with Gasteiger partial charge in [-0.25, -0.2) is 0 Å². The molecule has 0 aromatic rings. The van der Waals surface area contributed by atoms with Gasteiger partial charge >= 0.3 is 0 Å². The Morgan fingerprint density at radius 3 is 2.50 bits per heavy atom. The molecule has 1 saturated carbocycles. The zero-order chi connectivity index (χ0) is 15.0. The summed E-state index contributed by atoms with van der Waals surface area (Å²) in [5.41, 5.74) is 0. The highest BCUT2D eigenvalue weighted by molar-refractivity contribution is 5.80. The van der Waals surface area contributed by atoms with E-state index in [4.69, 9.17) is 5.11 Å². The molecule has 2 amide bonds. The average molecular weight is 284 g/mol. The highest BCUT2D eigenvalue weighted by Crippen LogP contribution is 2.24. The van der Waals surface area contributed by atoms with Crippen LogP contribution in [0, 0.1) is 5.92 Å². The number of nitrogens with zero attached hydrogens (tertiary/aromatic N) is 1. The van der Waals surface area contributed by atoms with Gasteiger partial charge in [0.1, 0.15) is 0 Å². The molecule has 1 aliphatic rings. The topological polar surface area (TPSA) is 69.6 Å². The summed E-state index contributed by atoms with van der Waals surface area (Å²) < 4.78 is 0. The molecule has 0 aromatic carbocycles. The summed E-state index contributed by atoms with van der Waals surface area (Å²) in [6.07, 6.45) is 5.17. The van der Waals surface area contributed by atoms with E-state index in [2.05, 4.69) is 5.32 Å². The third kappa shape index (κ3) is 5.49. The average Bonchev–Trinajstić information content (AvgIpc) is 2.92. The van der Waals surface area contributed by atoms with E-state index in [9.17, 15) is 9.59 Å². The zero-order valence-corrected chi connectivity index (χ0v) is 12.7. The second kappa shape index (κ2) is 8.95. The lowest BCUT2D eigenvalue weighted by Gasteiger charge is -2.26. The first-order valence-corrected chi connectivity index (χ1v) is 7.74. The molecule has 0 atom stereocenters. The molecule has 1 rings (SSSR count). The third-order valence-electron chi connectivity index (χ3n) is 3.86. The van der Waals surface area contributed by atoms with E-state index in [0.29, 0.717) is 25.9 Å². The molecule has 5 heteroatoms. The molecular weight excluding hydrogens is 256 g/mol. The molecule has 0 saturated heterocycles. The van der Waals surface area contributed by atoms with Crippen molar-refractivity contribution in [1.82, 2.24) is 10.2 Å². The summed E-state index contributed by atoms with van der Waals surface area (Å²) in [4.78, 5) is 25.7. The van der Waals surface area contributed by atoms with Crippen LogP contribution in [-0.4, -0.2) is 47.6 Å². The Morgan fingerprint density at radius 1 is 1.30 bits per heavy atom. The van der Waals surface area contributed by atoms with Gasteiger partial charge in [-0.2, -0.15) is 0 Å². The molecule has 0 heterocycles. The lowest BCUT2D eigenvalue weighted by atomic mass is 10.1. The van der Waals surface area contributed by atoms with Crippen LogP contribution in [0.1, 0.15) is 52.4 Å². The van der Waals surface area contributed by atoms with Crippen LogP contribution in [0.3, 0.4) is 0 Å². The second-order valence-corrected chi connectivity index (χ2v) is 5.78. The van der Waals surface area contributed by atoms with Crippen molar-refractivity contribution in [1.29, 1.82) is 0 Å². The maximum Gasteiger partial charge on any atom is 0.224 e. The summed E-state index contributed by atoms with van der Waals surface area (Å²) in [6.45, 7) is 5.01. The van der Waals surface area contributed by atoms with E-state index in [0.717, 1.165) is 25.7 Å². The Morgan fingerprint density at radius 2 is 1.95 bits per heavy atom. The van der Waals surface area contributed by atoms with E-state index in [-0.39, 0.29) is 30.4 Å². The van der Waals surface area contributed by atoms with Gasteiger partial charge < -0.3 is 15.3 Å². The standard InChI is InChI=1S/C15H28N2O3/c1-12(2)17(10-5-11-18)14(19)8-9-16-15(20)13-6-3-4-7-13/h12-13,18H,3-11H2,1-2H3,(H,16,20). The predicted octanol–water partition coefficient (Wildman–Crippen LogP) is 1.30. The monoisotopic (exact) mass is 284 g/mol. The molecular formula is C15H28N2O3. The van der Waals surface area contributed by atoms with Gasteiger partial charge in [0, 0.05) is 38.1 Å². The van der Waals surface area contributed by atoms with Gasteiger partial charge in [0.25, 0.3) is 0 Å². The van der Waals surface area contributed by atoms with Crippen LogP contribution in [0.25, 0.3) is 0 Å². The lowest BCUT2D eigenvalue weighted by Crippen LogP contribution is -2.40. The van der Waals surface area contributed by atoms with Crippen LogP contribution in [0.2, 0.25) is 0 Å². The fraction of sp³-hybridized carbons (Fsp3) is 0.867. The molecule has 5 nitrogen and oxygen atoms in total. The van der Waals surface area contributed by atoms with E-state index < -0.39 is 0 Å². The zero-order valence-electron chi connectivity index (χ0n) is 12.7. The van der Waals surface area contributed by atoms with Crippen LogP contribution >= 0.6 is 0 Å². The van der Waals surface area contributed by atoms with Crippen molar-refractivity contribution in [2.24, 2.45) is 5.92 Å². The Hall–Kier alpha value is -1.10. The predicted molar refractivity (Wildman–Crippen MR) is 78.1 cm³/mol. The van der Waals surface area contributed by atoms with Crippen molar-refractivity contribution in [3.8, 4) is 0 Å². The van der Waals surface area contributed by atoms with Crippen molar-refractivity contribution in [3.05, 3.63) is 0 Å². The summed E-state index contributed by atoms with van der Waals surface area (Å²) in [7, 11) is 0. The van der Waals surface area contributed by atoms with E-state index in [1.807, 2.05) is 13.8 Å². The molecule has 1 fully saturated rings. The minimum absolute atomic E-state index is 0.0418. The summed E-state index contributed by atoms with van der Waals surface area (Å²) >= 11 is 0. The number of hydrogen-bond donors (Lipinski definition) is 2. The molecule has 0 bridgehead atoms. The molecule has 1 aliphatic carbocycles. The Balaban J connectivity index is 2.27.